The number of ketones is 1. The van der Waals surface area contributed by atoms with Crippen molar-refractivity contribution in [1.29, 1.82) is 0 Å². The van der Waals surface area contributed by atoms with Crippen molar-refractivity contribution in [2.24, 2.45) is 0 Å². The number of Topliss-reactive ketones (excluding diaryl/α,β-unsaturated/α-hetero) is 1. The maximum atomic E-state index is 13.2. The van der Waals surface area contributed by atoms with Crippen LogP contribution in [-0.2, 0) is 6.51 Å². The van der Waals surface area contributed by atoms with Gasteiger partial charge in [-0.05, 0) is 0 Å². The number of hydrogen-bond acceptors (Lipinski definition) is 3. The zero-order chi connectivity index (χ0) is 15.0. The molecule has 1 aromatic carbocycles. The third-order valence-corrected chi connectivity index (χ3v) is 59.0. The SMILES string of the molecule is C=C(C(=O)c1ccc(O)cc1O)[C]12[CH]3[CH]4[CH]5[CH]1[Fe]45321678[CH]2[CH]1[CH]6[CH]7[CH]28. The molecule has 10 saturated heterocycles. The van der Waals surface area contributed by atoms with E-state index in [0.717, 1.165) is 15.2 Å². The number of allylic oxidation sites excluding steroid dienone is 1. The Morgan fingerprint density at radius 2 is 1.57 bits per heavy atom. The average Bonchev–Trinajstić information content (AvgIpc) is 3.46. The molecule has 0 bridgehead atoms. The van der Waals surface area contributed by atoms with Gasteiger partial charge in [0.1, 0.15) is 0 Å². The van der Waals surface area contributed by atoms with Gasteiger partial charge in [0.05, 0.1) is 0 Å². The fourth-order valence-corrected chi connectivity index (χ4v) is 92.4. The molecule has 11 rings (SSSR count). The van der Waals surface area contributed by atoms with Gasteiger partial charge in [0.2, 0.25) is 0 Å². The Labute approximate surface area is 122 Å². The zero-order valence-corrected chi connectivity index (χ0v) is 13.4. The van der Waals surface area contributed by atoms with Gasteiger partial charge in [-0.25, -0.2) is 0 Å². The molecule has 4 unspecified atom stereocenters. The molecule has 4 atom stereocenters. The van der Waals surface area contributed by atoms with Gasteiger partial charge in [0, 0.05) is 0 Å². The average molecular weight is 348 g/mol. The summed E-state index contributed by atoms with van der Waals surface area (Å²) in [4.78, 5) is 23.4. The van der Waals surface area contributed by atoms with Crippen LogP contribution in [0.25, 0.3) is 0 Å². The van der Waals surface area contributed by atoms with Crippen molar-refractivity contribution >= 4 is 5.78 Å². The van der Waals surface area contributed by atoms with Crippen molar-refractivity contribution in [3.05, 3.63) is 35.9 Å². The number of carbonyl (C=O) groups excluding carboxylic acids is 1. The normalized spacial score (nSPS) is 90.7. The molecule has 4 heteroatoms. The van der Waals surface area contributed by atoms with E-state index in [1.54, 1.807) is 6.07 Å². The molecule has 0 aliphatic carbocycles. The second kappa shape index (κ2) is 0.901. The Bertz CT molecular complexity index is 1330. The second-order valence-corrected chi connectivity index (χ2v) is 35.7. The van der Waals surface area contributed by atoms with Crippen molar-refractivity contribution in [2.75, 3.05) is 0 Å². The molecule has 10 aliphatic heterocycles. The van der Waals surface area contributed by atoms with E-state index in [1.165, 1.54) is 45.8 Å². The van der Waals surface area contributed by atoms with E-state index >= 15 is 0 Å². The fraction of sp³-hybridized carbons (Fsp3) is 0.526. The molecule has 10 heterocycles. The van der Waals surface area contributed by atoms with E-state index in [2.05, 4.69) is 6.58 Å². The standard InChI is InChI=1S/C14H11O3.C5H5.Fe/c1-9(10-4-2-3-5-10)14(17)12-7-6-11(15)8-13(12)16;1-2-4-5-3-1;/h2-8,15-16H,1H2;1-5H;. The first-order valence-electron chi connectivity index (χ1n) is 8.75. The molecule has 0 amide bonds. The van der Waals surface area contributed by atoms with Gasteiger partial charge in [-0.15, -0.1) is 0 Å². The van der Waals surface area contributed by atoms with Crippen LogP contribution in [0.5, 0.6) is 11.5 Å². The van der Waals surface area contributed by atoms with Crippen LogP contribution in [0.4, 0.5) is 0 Å². The number of aromatic hydroxyl groups is 2. The topological polar surface area (TPSA) is 57.5 Å². The predicted molar refractivity (Wildman–Crippen MR) is 79.7 cm³/mol. The summed E-state index contributed by atoms with van der Waals surface area (Å²) in [5.74, 6) is -0.110. The summed E-state index contributed by atoms with van der Waals surface area (Å²) in [5, 5.41) is 19.6. The predicted octanol–water partition coefficient (Wildman–Crippen LogP) is 4.60. The number of rotatable bonds is 3. The Hall–Kier alpha value is -1.25. The van der Waals surface area contributed by atoms with E-state index in [0.29, 0.717) is 9.88 Å². The third-order valence-electron chi connectivity index (χ3n) is 16.6. The summed E-state index contributed by atoms with van der Waals surface area (Å²) in [6, 6.07) is 4.35. The van der Waals surface area contributed by atoms with Crippen molar-refractivity contribution in [1.82, 2.24) is 0 Å². The van der Waals surface area contributed by atoms with E-state index < -0.39 is 6.51 Å². The van der Waals surface area contributed by atoms with Crippen molar-refractivity contribution < 1.29 is 21.5 Å². The molecule has 118 valence electrons. The molecular weight excluding hydrogens is 332 g/mol. The first-order valence-corrected chi connectivity index (χ1v) is 15.0. The van der Waals surface area contributed by atoms with Gasteiger partial charge in [0.15, 0.2) is 0 Å². The second-order valence-electron chi connectivity index (χ2n) is 12.2. The Kier molecular flexibility index (Phi) is 0.364. The molecule has 10 aliphatic rings. The van der Waals surface area contributed by atoms with Gasteiger partial charge in [-0.2, -0.15) is 0 Å². The molecule has 3 nitrogen and oxygen atoms in total. The monoisotopic (exact) mass is 348 g/mol. The van der Waals surface area contributed by atoms with Gasteiger partial charge < -0.3 is 0 Å². The van der Waals surface area contributed by atoms with Crippen LogP contribution in [-0.4, -0.2) is 16.0 Å². The third kappa shape index (κ3) is 0.128. The minimum absolute atomic E-state index is 0.00252. The Morgan fingerprint density at radius 1 is 1.00 bits per heavy atom. The Balaban J connectivity index is 1.23. The quantitative estimate of drug-likeness (QED) is 0.477. The number of carbonyl (C=O) groups is 1. The molecular formula is C19H16FeO3. The first kappa shape index (κ1) is 9.29. The number of hydrogen-bond donors (Lipinski definition) is 2. The number of phenols is 2. The molecule has 23 heavy (non-hydrogen) atoms. The van der Waals surface area contributed by atoms with Crippen LogP contribution >= 0.6 is 0 Å². The first-order chi connectivity index (χ1) is 10.8. The van der Waals surface area contributed by atoms with Crippen LogP contribution in [0.1, 0.15) is 10.4 Å². The molecule has 1 aromatic rings. The van der Waals surface area contributed by atoms with Crippen LogP contribution in [0.15, 0.2) is 30.4 Å². The zero-order valence-electron chi connectivity index (χ0n) is 12.3. The Morgan fingerprint density at radius 3 is 1.96 bits per heavy atom. The van der Waals surface area contributed by atoms with Crippen molar-refractivity contribution in [3.63, 3.8) is 0 Å². The fourth-order valence-electron chi connectivity index (χ4n) is 18.1. The maximum absolute atomic E-state index is 13.2. The van der Waals surface area contributed by atoms with Crippen molar-refractivity contribution in [3.8, 4) is 11.5 Å². The van der Waals surface area contributed by atoms with Gasteiger partial charge in [-0.1, -0.05) is 0 Å². The van der Waals surface area contributed by atoms with Crippen LogP contribution in [0, 0.1) is 0 Å². The van der Waals surface area contributed by atoms with Gasteiger partial charge in [-0.3, -0.25) is 0 Å². The van der Waals surface area contributed by atoms with Gasteiger partial charge in [0.25, 0.3) is 0 Å². The summed E-state index contributed by atoms with van der Waals surface area (Å²) in [6.07, 6.45) is 0. The van der Waals surface area contributed by atoms with E-state index in [4.69, 9.17) is 0 Å². The molecule has 1 spiro atoms. The van der Waals surface area contributed by atoms with Crippen LogP contribution < -0.4 is 0 Å². The summed E-state index contributed by atoms with van der Waals surface area (Å²) in [7, 11) is 0. The number of benzene rings is 1. The molecule has 0 aromatic heterocycles. The number of phenolic OH excluding ortho intramolecular Hbond substituents is 2. The minimum atomic E-state index is -3.35. The van der Waals surface area contributed by atoms with E-state index in [-0.39, 0.29) is 17.3 Å². The summed E-state index contributed by atoms with van der Waals surface area (Å²) < 4.78 is 0.348. The van der Waals surface area contributed by atoms with E-state index in [9.17, 15) is 15.0 Å². The van der Waals surface area contributed by atoms with Crippen LogP contribution in [0.3, 0.4) is 0 Å². The van der Waals surface area contributed by atoms with E-state index in [1.807, 2.05) is 0 Å². The van der Waals surface area contributed by atoms with Gasteiger partial charge >= 0.3 is 122 Å². The molecule has 2 N–H and O–H groups in total. The van der Waals surface area contributed by atoms with Crippen LogP contribution in [0.2, 0.25) is 47.7 Å². The summed E-state index contributed by atoms with van der Waals surface area (Å²) in [5.41, 5.74) is 1.26. The molecule has 0 saturated carbocycles. The van der Waals surface area contributed by atoms with Crippen molar-refractivity contribution in [2.45, 2.75) is 47.7 Å². The molecule has 0 radical (unpaired) electrons. The summed E-state index contributed by atoms with van der Waals surface area (Å²) in [6.45, 7) is 1.05. The molecule has 10 fully saturated rings. The summed E-state index contributed by atoms with van der Waals surface area (Å²) >= 11 is 0. The number of fused-ring (bicyclic) bond motifs is 10.